The molecule has 0 aliphatic heterocycles. The number of aryl methyl sites for hydroxylation is 2. The smallest absolute Gasteiger partial charge is 0.252 e. The Labute approximate surface area is 128 Å². The van der Waals surface area contributed by atoms with Crippen molar-refractivity contribution >= 4 is 21.8 Å². The first kappa shape index (κ1) is 14.8. The fourth-order valence-electron chi connectivity index (χ4n) is 2.02. The Morgan fingerprint density at radius 3 is 2.25 bits per heavy atom. The van der Waals surface area contributed by atoms with E-state index in [0.29, 0.717) is 5.56 Å². The third-order valence-corrected chi connectivity index (χ3v) is 3.95. The minimum atomic E-state index is -0.0649. The van der Waals surface area contributed by atoms with Crippen LogP contribution >= 0.6 is 15.9 Å². The molecule has 0 aliphatic carbocycles. The van der Waals surface area contributed by atoms with Crippen LogP contribution < -0.4 is 5.32 Å². The summed E-state index contributed by atoms with van der Waals surface area (Å²) in [6, 6.07) is 13.9. The van der Waals surface area contributed by atoms with Gasteiger partial charge in [-0.3, -0.25) is 4.79 Å². The molecular formula is C17H18BrNO. The Morgan fingerprint density at radius 1 is 1.05 bits per heavy atom. The van der Waals surface area contributed by atoms with Crippen molar-refractivity contribution in [3.8, 4) is 0 Å². The predicted molar refractivity (Wildman–Crippen MR) is 85.9 cm³/mol. The van der Waals surface area contributed by atoms with E-state index in [1.165, 1.54) is 5.56 Å². The van der Waals surface area contributed by atoms with Gasteiger partial charge in [0.2, 0.25) is 0 Å². The van der Waals surface area contributed by atoms with E-state index in [-0.39, 0.29) is 11.9 Å². The number of hydrogen-bond donors (Lipinski definition) is 1. The molecule has 3 heteroatoms. The van der Waals surface area contributed by atoms with E-state index < -0.39 is 0 Å². The number of benzene rings is 2. The zero-order chi connectivity index (χ0) is 14.7. The molecule has 0 saturated heterocycles. The molecule has 1 atom stereocenters. The van der Waals surface area contributed by atoms with Crippen LogP contribution in [0.15, 0.2) is 46.9 Å². The van der Waals surface area contributed by atoms with Gasteiger partial charge in [0, 0.05) is 4.47 Å². The van der Waals surface area contributed by atoms with Crippen molar-refractivity contribution in [1.29, 1.82) is 0 Å². The molecule has 1 unspecified atom stereocenters. The minimum Gasteiger partial charge on any atom is -0.345 e. The molecule has 2 aromatic carbocycles. The monoisotopic (exact) mass is 331 g/mol. The van der Waals surface area contributed by atoms with E-state index in [1.807, 2.05) is 44.2 Å². The molecule has 0 fully saturated rings. The van der Waals surface area contributed by atoms with Gasteiger partial charge < -0.3 is 5.32 Å². The summed E-state index contributed by atoms with van der Waals surface area (Å²) < 4.78 is 0.825. The zero-order valence-electron chi connectivity index (χ0n) is 11.9. The van der Waals surface area contributed by atoms with Crippen molar-refractivity contribution < 1.29 is 4.79 Å². The Morgan fingerprint density at radius 2 is 1.65 bits per heavy atom. The van der Waals surface area contributed by atoms with Crippen LogP contribution in [-0.2, 0) is 0 Å². The number of rotatable bonds is 3. The maximum Gasteiger partial charge on any atom is 0.252 e. The van der Waals surface area contributed by atoms with Crippen molar-refractivity contribution in [1.82, 2.24) is 5.32 Å². The van der Waals surface area contributed by atoms with E-state index in [9.17, 15) is 4.79 Å². The van der Waals surface area contributed by atoms with Crippen LogP contribution in [0, 0.1) is 13.8 Å². The van der Waals surface area contributed by atoms with Crippen LogP contribution in [-0.4, -0.2) is 5.91 Å². The molecule has 2 nitrogen and oxygen atoms in total. The van der Waals surface area contributed by atoms with Crippen molar-refractivity contribution in [3.05, 3.63) is 69.2 Å². The van der Waals surface area contributed by atoms with Gasteiger partial charge in [0.1, 0.15) is 0 Å². The number of hydrogen-bond acceptors (Lipinski definition) is 1. The fourth-order valence-corrected chi connectivity index (χ4v) is 2.69. The summed E-state index contributed by atoms with van der Waals surface area (Å²) >= 11 is 3.44. The lowest BCUT2D eigenvalue weighted by atomic mass is 10.1. The number of amides is 1. The molecular weight excluding hydrogens is 314 g/mol. The molecule has 0 bridgehead atoms. The maximum absolute atomic E-state index is 12.3. The molecule has 0 saturated carbocycles. The van der Waals surface area contributed by atoms with Crippen molar-refractivity contribution in [2.45, 2.75) is 26.8 Å². The summed E-state index contributed by atoms with van der Waals surface area (Å²) in [5.41, 5.74) is 4.11. The number of carbonyl (C=O) groups is 1. The SMILES string of the molecule is Cc1ccc(C(C)NC(=O)c2ccc(C)cc2Br)cc1. The molecule has 2 aromatic rings. The normalized spacial score (nSPS) is 12.0. The first-order valence-electron chi connectivity index (χ1n) is 6.61. The van der Waals surface area contributed by atoms with Crippen LogP contribution in [0.1, 0.15) is 40.0 Å². The molecule has 0 heterocycles. The Hall–Kier alpha value is -1.61. The van der Waals surface area contributed by atoms with Gasteiger partial charge in [-0.15, -0.1) is 0 Å². The van der Waals surface area contributed by atoms with Crippen molar-refractivity contribution in [3.63, 3.8) is 0 Å². The van der Waals surface area contributed by atoms with E-state index in [4.69, 9.17) is 0 Å². The first-order valence-corrected chi connectivity index (χ1v) is 7.40. The van der Waals surface area contributed by atoms with Gasteiger partial charge >= 0.3 is 0 Å². The summed E-state index contributed by atoms with van der Waals surface area (Å²) in [6.07, 6.45) is 0. The zero-order valence-corrected chi connectivity index (χ0v) is 13.5. The van der Waals surface area contributed by atoms with Crippen LogP contribution in [0.2, 0.25) is 0 Å². The van der Waals surface area contributed by atoms with Crippen LogP contribution in [0.25, 0.3) is 0 Å². The second-order valence-electron chi connectivity index (χ2n) is 5.09. The van der Waals surface area contributed by atoms with Crippen LogP contribution in [0.4, 0.5) is 0 Å². The Kier molecular flexibility index (Phi) is 4.61. The van der Waals surface area contributed by atoms with E-state index >= 15 is 0 Å². The lowest BCUT2D eigenvalue weighted by molar-refractivity contribution is 0.0939. The summed E-state index contributed by atoms with van der Waals surface area (Å²) in [5.74, 6) is -0.0649. The highest BCUT2D eigenvalue weighted by atomic mass is 79.9. The number of nitrogens with one attached hydrogen (secondary N) is 1. The standard InChI is InChI=1S/C17H18BrNO/c1-11-4-7-14(8-5-11)13(3)19-17(20)15-9-6-12(2)10-16(15)18/h4-10,13H,1-3H3,(H,19,20). The average Bonchev–Trinajstić information content (AvgIpc) is 2.39. The first-order chi connectivity index (χ1) is 9.47. The molecule has 1 N–H and O–H groups in total. The van der Waals surface area contributed by atoms with Gasteiger partial charge in [0.05, 0.1) is 11.6 Å². The lowest BCUT2D eigenvalue weighted by Gasteiger charge is -2.15. The Bertz CT molecular complexity index is 619. The maximum atomic E-state index is 12.3. The van der Waals surface area contributed by atoms with Crippen molar-refractivity contribution in [2.24, 2.45) is 0 Å². The summed E-state index contributed by atoms with van der Waals surface area (Å²) in [5, 5.41) is 3.02. The summed E-state index contributed by atoms with van der Waals surface area (Å²) in [6.45, 7) is 6.04. The van der Waals surface area contributed by atoms with Gasteiger partial charge in [0.15, 0.2) is 0 Å². The van der Waals surface area contributed by atoms with Gasteiger partial charge in [-0.2, -0.15) is 0 Å². The third kappa shape index (κ3) is 3.48. The Balaban J connectivity index is 2.13. The third-order valence-electron chi connectivity index (χ3n) is 3.29. The highest BCUT2D eigenvalue weighted by Crippen LogP contribution is 2.20. The minimum absolute atomic E-state index is 0.0173. The lowest BCUT2D eigenvalue weighted by Crippen LogP contribution is -2.26. The second kappa shape index (κ2) is 6.23. The van der Waals surface area contributed by atoms with Crippen molar-refractivity contribution in [2.75, 3.05) is 0 Å². The van der Waals surface area contributed by atoms with Gasteiger partial charge in [-0.1, -0.05) is 35.9 Å². The largest absolute Gasteiger partial charge is 0.345 e. The summed E-state index contributed by atoms with van der Waals surface area (Å²) in [7, 11) is 0. The van der Waals surface area contributed by atoms with Gasteiger partial charge in [-0.25, -0.2) is 0 Å². The molecule has 104 valence electrons. The molecule has 1 amide bonds. The molecule has 20 heavy (non-hydrogen) atoms. The molecule has 0 aromatic heterocycles. The average molecular weight is 332 g/mol. The summed E-state index contributed by atoms with van der Waals surface area (Å²) in [4.78, 5) is 12.3. The topological polar surface area (TPSA) is 29.1 Å². The molecule has 2 rings (SSSR count). The van der Waals surface area contributed by atoms with Gasteiger partial charge in [-0.05, 0) is 60.0 Å². The molecule has 0 aliphatic rings. The van der Waals surface area contributed by atoms with E-state index in [1.54, 1.807) is 0 Å². The fraction of sp³-hybridized carbons (Fsp3) is 0.235. The highest BCUT2D eigenvalue weighted by Gasteiger charge is 2.13. The van der Waals surface area contributed by atoms with Crippen LogP contribution in [0.3, 0.4) is 0 Å². The van der Waals surface area contributed by atoms with Gasteiger partial charge in [0.25, 0.3) is 5.91 Å². The number of carbonyl (C=O) groups excluding carboxylic acids is 1. The van der Waals surface area contributed by atoms with E-state index in [2.05, 4.69) is 40.3 Å². The highest BCUT2D eigenvalue weighted by molar-refractivity contribution is 9.10. The predicted octanol–water partition coefficient (Wildman–Crippen LogP) is 4.56. The number of halogens is 1. The molecule has 0 spiro atoms. The molecule has 0 radical (unpaired) electrons. The quantitative estimate of drug-likeness (QED) is 0.877. The second-order valence-corrected chi connectivity index (χ2v) is 5.94. The van der Waals surface area contributed by atoms with Crippen LogP contribution in [0.5, 0.6) is 0 Å². The van der Waals surface area contributed by atoms with E-state index in [0.717, 1.165) is 15.6 Å².